The van der Waals surface area contributed by atoms with Gasteiger partial charge in [-0.25, -0.2) is 9.59 Å². The number of hydrogen-bond donors (Lipinski definition) is 1. The molecule has 0 bridgehead atoms. The lowest BCUT2D eigenvalue weighted by atomic mass is 10.00. The Bertz CT molecular complexity index is 1550. The number of fused-ring (bicyclic) bond motifs is 1. The highest BCUT2D eigenvalue weighted by molar-refractivity contribution is 7.86. The van der Waals surface area contributed by atoms with Gasteiger partial charge in [-0.1, -0.05) is 60.7 Å². The Hall–Kier alpha value is -4.25. The Balaban J connectivity index is 1.35. The van der Waals surface area contributed by atoms with E-state index < -0.39 is 51.9 Å². The van der Waals surface area contributed by atoms with Gasteiger partial charge in [0.2, 0.25) is 5.91 Å². The zero-order valence-electron chi connectivity index (χ0n) is 25.6. The smallest absolute Gasteiger partial charge is 0.408 e. The fourth-order valence-electron chi connectivity index (χ4n) is 5.88. The summed E-state index contributed by atoms with van der Waals surface area (Å²) in [6.07, 6.45) is 2.72. The summed E-state index contributed by atoms with van der Waals surface area (Å²) in [4.78, 5) is 56.6. The van der Waals surface area contributed by atoms with Crippen LogP contribution in [0.5, 0.6) is 0 Å². The molecular weight excluding hydrogens is 594 g/mol. The number of amides is 3. The number of hydrogen-bond acceptors (Lipinski definition) is 7. The predicted octanol–water partition coefficient (Wildman–Crippen LogP) is 3.97. The maximum atomic E-state index is 14.2. The van der Waals surface area contributed by atoms with Crippen molar-refractivity contribution in [3.05, 3.63) is 94.7 Å². The average Bonchev–Trinajstić information content (AvgIpc) is 3.77. The van der Waals surface area contributed by atoms with Gasteiger partial charge in [-0.15, -0.1) is 0 Å². The van der Waals surface area contributed by atoms with E-state index in [4.69, 9.17) is 9.47 Å². The van der Waals surface area contributed by atoms with Gasteiger partial charge in [0.05, 0.1) is 16.6 Å². The zero-order valence-corrected chi connectivity index (χ0v) is 26.4. The molecule has 10 nitrogen and oxygen atoms in total. The first-order valence-corrected chi connectivity index (χ1v) is 16.6. The first-order chi connectivity index (χ1) is 21.5. The van der Waals surface area contributed by atoms with Crippen LogP contribution in [0.3, 0.4) is 0 Å². The van der Waals surface area contributed by atoms with E-state index in [1.54, 1.807) is 26.8 Å². The second-order valence-electron chi connectivity index (χ2n) is 12.8. The standard InChI is InChI=1S/C34H37N3O7S/c1-34(2,3)44-33(41)35-26-30(39)37-27(32(40)43-28(22-10-6-4-7-11-22)23-12-8-5-9-13-23)25(20-45(42)31(26)37)18-24-16-17-36(29(24)38)19-21-14-15-21/h4-13,18,21,26,28,31H,14-17,19-20H2,1-3H3,(H,35,41)/b24-18+/t26-,31-,45-/m1/s1. The maximum Gasteiger partial charge on any atom is 0.408 e. The summed E-state index contributed by atoms with van der Waals surface area (Å²) >= 11 is 0. The van der Waals surface area contributed by atoms with Crippen molar-refractivity contribution in [1.29, 1.82) is 0 Å². The lowest BCUT2D eigenvalue weighted by Gasteiger charge is -2.49. The minimum Gasteiger partial charge on any atom is -0.448 e. The van der Waals surface area contributed by atoms with Crippen molar-refractivity contribution >= 4 is 34.7 Å². The largest absolute Gasteiger partial charge is 0.448 e. The van der Waals surface area contributed by atoms with E-state index in [-0.39, 0.29) is 17.4 Å². The Morgan fingerprint density at radius 1 is 1.02 bits per heavy atom. The summed E-state index contributed by atoms with van der Waals surface area (Å²) in [5.74, 6) is -1.06. The minimum atomic E-state index is -1.69. The topological polar surface area (TPSA) is 122 Å². The molecule has 3 amide bonds. The van der Waals surface area contributed by atoms with E-state index in [0.717, 1.165) is 28.9 Å². The van der Waals surface area contributed by atoms with Gasteiger partial charge in [-0.2, -0.15) is 0 Å². The number of carbonyl (C=O) groups excluding carboxylic acids is 4. The highest BCUT2D eigenvalue weighted by atomic mass is 32.2. The first kappa shape index (κ1) is 30.8. The van der Waals surface area contributed by atoms with Crippen LogP contribution < -0.4 is 5.32 Å². The normalized spacial score (nSPS) is 24.1. The van der Waals surface area contributed by atoms with Crippen molar-refractivity contribution < 1.29 is 32.9 Å². The second kappa shape index (κ2) is 12.3. The van der Waals surface area contributed by atoms with Crippen LogP contribution in [-0.2, 0) is 34.7 Å². The number of ether oxygens (including phenoxy) is 2. The molecule has 3 atom stereocenters. The number of likely N-dealkylation sites (tertiary alicyclic amines) is 1. The van der Waals surface area contributed by atoms with Crippen molar-refractivity contribution in [2.45, 2.75) is 63.2 Å². The summed E-state index contributed by atoms with van der Waals surface area (Å²) in [6, 6.07) is 17.4. The molecule has 0 radical (unpaired) electrons. The number of allylic oxidation sites excluding steroid dienone is 1. The maximum absolute atomic E-state index is 14.2. The fraction of sp³-hybridized carbons (Fsp3) is 0.412. The molecule has 0 spiro atoms. The number of nitrogens with one attached hydrogen (secondary N) is 1. The van der Waals surface area contributed by atoms with E-state index in [0.29, 0.717) is 36.6 Å². The third-order valence-electron chi connectivity index (χ3n) is 8.19. The molecule has 45 heavy (non-hydrogen) atoms. The summed E-state index contributed by atoms with van der Waals surface area (Å²) in [5, 5.41) is 1.54. The van der Waals surface area contributed by atoms with Crippen LogP contribution >= 0.6 is 0 Å². The van der Waals surface area contributed by atoms with E-state index in [1.807, 2.05) is 65.6 Å². The molecule has 3 fully saturated rings. The van der Waals surface area contributed by atoms with E-state index >= 15 is 0 Å². The Morgan fingerprint density at radius 3 is 2.22 bits per heavy atom. The molecular formula is C34H37N3O7S. The molecule has 1 N–H and O–H groups in total. The molecule has 2 aromatic carbocycles. The van der Waals surface area contributed by atoms with Gasteiger partial charge in [0, 0.05) is 18.7 Å². The fourth-order valence-corrected chi connectivity index (χ4v) is 7.51. The van der Waals surface area contributed by atoms with Gasteiger partial charge in [0.15, 0.2) is 6.10 Å². The molecule has 3 aliphatic heterocycles. The number of alkyl carbamates (subject to hydrolysis) is 1. The van der Waals surface area contributed by atoms with Crippen molar-refractivity contribution in [1.82, 2.24) is 15.1 Å². The molecule has 0 unspecified atom stereocenters. The summed E-state index contributed by atoms with van der Waals surface area (Å²) < 4.78 is 25.1. The highest BCUT2D eigenvalue weighted by Gasteiger charge is 2.58. The molecule has 1 aliphatic carbocycles. The van der Waals surface area contributed by atoms with E-state index in [9.17, 15) is 23.4 Å². The predicted molar refractivity (Wildman–Crippen MR) is 167 cm³/mol. The number of nitrogens with zero attached hydrogens (tertiary/aromatic N) is 2. The lowest BCUT2D eigenvalue weighted by Crippen LogP contribution is -2.73. The zero-order chi connectivity index (χ0) is 31.9. The Kier molecular flexibility index (Phi) is 8.39. The van der Waals surface area contributed by atoms with Crippen molar-refractivity contribution in [2.24, 2.45) is 5.92 Å². The van der Waals surface area contributed by atoms with Crippen LogP contribution in [0, 0.1) is 5.92 Å². The van der Waals surface area contributed by atoms with Crippen molar-refractivity contribution in [2.75, 3.05) is 18.8 Å². The molecule has 3 heterocycles. The molecule has 236 valence electrons. The SMILES string of the molecule is CC(C)(C)OC(=O)N[C@@H]1C(=O)N2C(C(=O)OC(c3ccccc3)c3ccccc3)=C(/C=C3\CCN(CC4CC4)C3=O)C[S@@](=O)[C@H]12. The number of carbonyl (C=O) groups is 4. The van der Waals surface area contributed by atoms with Crippen LogP contribution in [0.25, 0.3) is 0 Å². The molecule has 11 heteroatoms. The number of benzene rings is 2. The Morgan fingerprint density at radius 2 is 1.64 bits per heavy atom. The van der Waals surface area contributed by atoms with Gasteiger partial charge in [0.25, 0.3) is 5.91 Å². The van der Waals surface area contributed by atoms with Crippen molar-refractivity contribution in [3.8, 4) is 0 Å². The van der Waals surface area contributed by atoms with Crippen LogP contribution in [0.2, 0.25) is 0 Å². The number of β-lactam (4-membered cyclic amide) rings is 1. The summed E-state index contributed by atoms with van der Waals surface area (Å²) in [7, 11) is -1.69. The number of esters is 1. The average molecular weight is 632 g/mol. The molecule has 2 saturated heterocycles. The molecule has 4 aliphatic rings. The van der Waals surface area contributed by atoms with Crippen LogP contribution in [0.1, 0.15) is 57.3 Å². The quantitative estimate of drug-likeness (QED) is 0.266. The van der Waals surface area contributed by atoms with Gasteiger partial charge in [0.1, 0.15) is 22.7 Å². The number of rotatable bonds is 8. The minimum absolute atomic E-state index is 0.0651. The van der Waals surface area contributed by atoms with Gasteiger partial charge in [-0.3, -0.25) is 18.7 Å². The van der Waals surface area contributed by atoms with Gasteiger partial charge < -0.3 is 19.7 Å². The molecule has 0 aromatic heterocycles. The van der Waals surface area contributed by atoms with Gasteiger partial charge >= 0.3 is 12.1 Å². The molecule has 6 rings (SSSR count). The van der Waals surface area contributed by atoms with Crippen LogP contribution in [-0.4, -0.2) is 73.7 Å². The molecule has 1 saturated carbocycles. The van der Waals surface area contributed by atoms with Gasteiger partial charge in [-0.05, 0) is 68.7 Å². The molecule has 2 aromatic rings. The highest BCUT2D eigenvalue weighted by Crippen LogP contribution is 2.39. The third-order valence-corrected chi connectivity index (χ3v) is 9.80. The second-order valence-corrected chi connectivity index (χ2v) is 14.4. The summed E-state index contributed by atoms with van der Waals surface area (Å²) in [5.41, 5.74) is 1.40. The monoisotopic (exact) mass is 631 g/mol. The summed E-state index contributed by atoms with van der Waals surface area (Å²) in [6.45, 7) is 6.37. The van der Waals surface area contributed by atoms with Crippen LogP contribution in [0.15, 0.2) is 83.6 Å². The van der Waals surface area contributed by atoms with Crippen molar-refractivity contribution in [3.63, 3.8) is 0 Å². The Labute approximate surface area is 264 Å². The van der Waals surface area contributed by atoms with Crippen LogP contribution in [0.4, 0.5) is 4.79 Å². The lowest BCUT2D eigenvalue weighted by molar-refractivity contribution is -0.153. The van der Waals surface area contributed by atoms with E-state index in [2.05, 4.69) is 5.32 Å². The third kappa shape index (κ3) is 6.58. The van der Waals surface area contributed by atoms with E-state index in [1.165, 1.54) is 0 Å². The first-order valence-electron chi connectivity index (χ1n) is 15.2.